The van der Waals surface area contributed by atoms with Crippen molar-refractivity contribution in [3.63, 3.8) is 0 Å². The minimum Gasteiger partial charge on any atom is -0.375 e. The highest BCUT2D eigenvalue weighted by atomic mass is 32.1. The Labute approximate surface area is 126 Å². The molecule has 3 nitrogen and oxygen atoms in total. The number of aromatic nitrogens is 1. The van der Waals surface area contributed by atoms with Gasteiger partial charge in [-0.05, 0) is 25.0 Å². The summed E-state index contributed by atoms with van der Waals surface area (Å²) in [6.45, 7) is 1.36. The number of benzene rings is 1. The maximum atomic E-state index is 12.7. The number of nitrogens with zero attached hydrogens (tertiary/aromatic N) is 2. The SMILES string of the molecule is Nc1nc(-c2cccc(N3CCC(C(F)F)CC3)c2)cs1. The summed E-state index contributed by atoms with van der Waals surface area (Å²) in [7, 11) is 0. The van der Waals surface area contributed by atoms with Gasteiger partial charge >= 0.3 is 0 Å². The third kappa shape index (κ3) is 3.15. The van der Waals surface area contributed by atoms with Crippen molar-refractivity contribution in [3.05, 3.63) is 29.6 Å². The third-order valence-electron chi connectivity index (χ3n) is 3.92. The molecule has 0 amide bonds. The van der Waals surface area contributed by atoms with Crippen LogP contribution in [0.5, 0.6) is 0 Å². The molecule has 0 saturated carbocycles. The van der Waals surface area contributed by atoms with Crippen LogP contribution in [0.15, 0.2) is 29.6 Å². The summed E-state index contributed by atoms with van der Waals surface area (Å²) >= 11 is 1.41. The molecule has 1 aliphatic rings. The van der Waals surface area contributed by atoms with Gasteiger partial charge in [0, 0.05) is 35.6 Å². The van der Waals surface area contributed by atoms with Gasteiger partial charge in [-0.3, -0.25) is 0 Å². The zero-order chi connectivity index (χ0) is 14.8. The first-order valence-corrected chi connectivity index (χ1v) is 7.86. The van der Waals surface area contributed by atoms with Crippen LogP contribution in [0.2, 0.25) is 0 Å². The maximum absolute atomic E-state index is 12.7. The fraction of sp³-hybridized carbons (Fsp3) is 0.400. The minimum atomic E-state index is -2.20. The van der Waals surface area contributed by atoms with Gasteiger partial charge in [0.15, 0.2) is 5.13 Å². The number of hydrogen-bond donors (Lipinski definition) is 1. The highest BCUT2D eigenvalue weighted by Crippen LogP contribution is 2.30. The van der Waals surface area contributed by atoms with Crippen molar-refractivity contribution in [1.29, 1.82) is 0 Å². The van der Waals surface area contributed by atoms with Crippen LogP contribution in [-0.2, 0) is 0 Å². The summed E-state index contributed by atoms with van der Waals surface area (Å²) < 4.78 is 25.4. The van der Waals surface area contributed by atoms with E-state index in [2.05, 4.69) is 16.0 Å². The van der Waals surface area contributed by atoms with E-state index in [9.17, 15) is 8.78 Å². The van der Waals surface area contributed by atoms with Crippen LogP contribution >= 0.6 is 11.3 Å². The molecule has 112 valence electrons. The molecule has 0 atom stereocenters. The summed E-state index contributed by atoms with van der Waals surface area (Å²) in [6, 6.07) is 8.03. The van der Waals surface area contributed by atoms with Crippen LogP contribution in [0.4, 0.5) is 19.6 Å². The Morgan fingerprint density at radius 1 is 1.29 bits per heavy atom. The summed E-state index contributed by atoms with van der Waals surface area (Å²) in [5, 5.41) is 2.48. The number of nitrogen functional groups attached to an aromatic ring is 1. The molecule has 2 N–H and O–H groups in total. The predicted molar refractivity (Wildman–Crippen MR) is 82.9 cm³/mol. The molecule has 0 spiro atoms. The van der Waals surface area contributed by atoms with Gasteiger partial charge in [-0.15, -0.1) is 11.3 Å². The molecule has 2 heterocycles. The molecule has 0 aliphatic carbocycles. The van der Waals surface area contributed by atoms with E-state index in [1.54, 1.807) is 0 Å². The minimum absolute atomic E-state index is 0.456. The average molecular weight is 309 g/mol. The van der Waals surface area contributed by atoms with Crippen molar-refractivity contribution >= 4 is 22.2 Å². The highest BCUT2D eigenvalue weighted by molar-refractivity contribution is 7.13. The van der Waals surface area contributed by atoms with E-state index in [1.165, 1.54) is 11.3 Å². The van der Waals surface area contributed by atoms with Crippen molar-refractivity contribution in [2.45, 2.75) is 19.3 Å². The van der Waals surface area contributed by atoms with Crippen molar-refractivity contribution < 1.29 is 8.78 Å². The van der Waals surface area contributed by atoms with Crippen LogP contribution in [0.25, 0.3) is 11.3 Å². The molecule has 1 aromatic heterocycles. The predicted octanol–water partition coefficient (Wildman–Crippen LogP) is 3.87. The number of anilines is 2. The normalized spacial score (nSPS) is 16.6. The van der Waals surface area contributed by atoms with Gasteiger partial charge in [-0.25, -0.2) is 13.8 Å². The first-order chi connectivity index (χ1) is 10.1. The van der Waals surface area contributed by atoms with E-state index in [-0.39, 0.29) is 0 Å². The van der Waals surface area contributed by atoms with Crippen LogP contribution in [0.3, 0.4) is 0 Å². The molecule has 6 heteroatoms. The van der Waals surface area contributed by atoms with E-state index in [0.29, 0.717) is 31.1 Å². The molecule has 2 aromatic rings. The zero-order valence-electron chi connectivity index (χ0n) is 11.5. The lowest BCUT2D eigenvalue weighted by Crippen LogP contribution is -2.35. The molecule has 1 aromatic carbocycles. The lowest BCUT2D eigenvalue weighted by atomic mass is 9.97. The van der Waals surface area contributed by atoms with Gasteiger partial charge in [0.05, 0.1) is 5.69 Å². The third-order valence-corrected chi connectivity index (χ3v) is 4.60. The quantitative estimate of drug-likeness (QED) is 0.935. The van der Waals surface area contributed by atoms with E-state index in [4.69, 9.17) is 5.73 Å². The topological polar surface area (TPSA) is 42.1 Å². The molecule has 21 heavy (non-hydrogen) atoms. The number of nitrogens with two attached hydrogens (primary N) is 1. The second kappa shape index (κ2) is 5.97. The van der Waals surface area contributed by atoms with E-state index < -0.39 is 12.3 Å². The molecule has 0 radical (unpaired) electrons. The first kappa shape index (κ1) is 14.3. The highest BCUT2D eigenvalue weighted by Gasteiger charge is 2.26. The summed E-state index contributed by atoms with van der Waals surface area (Å²) in [5.74, 6) is -0.456. The Balaban J connectivity index is 1.75. The molecule has 1 saturated heterocycles. The average Bonchev–Trinajstić information content (AvgIpc) is 2.94. The van der Waals surface area contributed by atoms with Crippen molar-refractivity contribution in [2.24, 2.45) is 5.92 Å². The number of piperidine rings is 1. The number of halogens is 2. The Kier molecular flexibility index (Phi) is 4.05. The smallest absolute Gasteiger partial charge is 0.241 e. The van der Waals surface area contributed by atoms with Gasteiger partial charge in [-0.1, -0.05) is 12.1 Å². The second-order valence-corrected chi connectivity index (χ2v) is 6.17. The molecule has 0 unspecified atom stereocenters. The van der Waals surface area contributed by atoms with Crippen molar-refractivity contribution in [3.8, 4) is 11.3 Å². The summed E-state index contributed by atoms with van der Waals surface area (Å²) in [5.41, 5.74) is 8.60. The fourth-order valence-electron chi connectivity index (χ4n) is 2.69. The van der Waals surface area contributed by atoms with Gasteiger partial charge in [0.1, 0.15) is 0 Å². The van der Waals surface area contributed by atoms with Crippen LogP contribution < -0.4 is 10.6 Å². The van der Waals surface area contributed by atoms with Gasteiger partial charge in [-0.2, -0.15) is 0 Å². The van der Waals surface area contributed by atoms with Crippen LogP contribution in [0.1, 0.15) is 12.8 Å². The molecular formula is C15H17F2N3S. The van der Waals surface area contributed by atoms with E-state index in [1.807, 2.05) is 23.6 Å². The van der Waals surface area contributed by atoms with E-state index in [0.717, 1.165) is 16.9 Å². The van der Waals surface area contributed by atoms with Gasteiger partial charge < -0.3 is 10.6 Å². The number of thiazole rings is 1. The van der Waals surface area contributed by atoms with Crippen LogP contribution in [0, 0.1) is 5.92 Å². The standard InChI is InChI=1S/C15H17F2N3S/c16-14(17)10-4-6-20(7-5-10)12-3-1-2-11(8-12)13-9-21-15(18)19-13/h1-3,8-10,14H,4-7H2,(H2,18,19). The van der Waals surface area contributed by atoms with Gasteiger partial charge in [0.2, 0.25) is 6.43 Å². The maximum Gasteiger partial charge on any atom is 0.241 e. The number of hydrogen-bond acceptors (Lipinski definition) is 4. The molecule has 1 fully saturated rings. The summed E-state index contributed by atoms with van der Waals surface area (Å²) in [4.78, 5) is 6.45. The van der Waals surface area contributed by atoms with Crippen molar-refractivity contribution in [1.82, 2.24) is 4.98 Å². The number of alkyl halides is 2. The van der Waals surface area contributed by atoms with Gasteiger partial charge in [0.25, 0.3) is 0 Å². The fourth-order valence-corrected chi connectivity index (χ4v) is 3.26. The van der Waals surface area contributed by atoms with Crippen LogP contribution in [-0.4, -0.2) is 24.5 Å². The number of rotatable bonds is 3. The molecular weight excluding hydrogens is 292 g/mol. The monoisotopic (exact) mass is 309 g/mol. The Bertz CT molecular complexity index is 606. The second-order valence-electron chi connectivity index (χ2n) is 5.28. The molecule has 0 bridgehead atoms. The zero-order valence-corrected chi connectivity index (χ0v) is 12.3. The summed E-state index contributed by atoms with van der Waals surface area (Å²) in [6.07, 6.45) is -1.10. The molecule has 3 rings (SSSR count). The largest absolute Gasteiger partial charge is 0.375 e. The first-order valence-electron chi connectivity index (χ1n) is 6.98. The van der Waals surface area contributed by atoms with Crippen molar-refractivity contribution in [2.75, 3.05) is 23.7 Å². The lowest BCUT2D eigenvalue weighted by molar-refractivity contribution is 0.0636. The molecule has 1 aliphatic heterocycles. The lowest BCUT2D eigenvalue weighted by Gasteiger charge is -2.33. The Morgan fingerprint density at radius 3 is 2.67 bits per heavy atom. The Morgan fingerprint density at radius 2 is 2.05 bits per heavy atom. The van der Waals surface area contributed by atoms with E-state index >= 15 is 0 Å². The Hall–Kier alpha value is -1.69.